The summed E-state index contributed by atoms with van der Waals surface area (Å²) in [6, 6.07) is 6.44. The van der Waals surface area contributed by atoms with Crippen LogP contribution in [0.1, 0.15) is 44.7 Å². The van der Waals surface area contributed by atoms with Crippen LogP contribution < -0.4 is 0 Å². The van der Waals surface area contributed by atoms with Crippen LogP contribution in [0, 0.1) is 0 Å². The summed E-state index contributed by atoms with van der Waals surface area (Å²) in [5.74, 6) is 0.293. The smallest absolute Gasteiger partial charge is 0.137 e. The molecule has 2 aromatic rings. The van der Waals surface area contributed by atoms with Crippen molar-refractivity contribution in [2.75, 3.05) is 6.54 Å². The second kappa shape index (κ2) is 6.39. The number of carbonyl (C=O) groups is 1. The van der Waals surface area contributed by atoms with Crippen LogP contribution in [0.5, 0.6) is 0 Å². The minimum absolute atomic E-state index is 0.293. The van der Waals surface area contributed by atoms with Crippen LogP contribution in [-0.4, -0.2) is 32.7 Å². The molecule has 112 valence electrons. The average Bonchev–Trinajstić information content (AvgIpc) is 2.74. The fraction of sp³-hybridized carbons (Fsp3) is 0.529. The summed E-state index contributed by atoms with van der Waals surface area (Å²) >= 11 is 0. The number of rotatable bonds is 4. The number of imidazole rings is 1. The van der Waals surface area contributed by atoms with Crippen molar-refractivity contribution in [2.45, 2.75) is 51.6 Å². The fourth-order valence-corrected chi connectivity index (χ4v) is 3.28. The summed E-state index contributed by atoms with van der Waals surface area (Å²) in [7, 11) is 0. The molecule has 0 aromatic carbocycles. The molecule has 0 radical (unpaired) electrons. The summed E-state index contributed by atoms with van der Waals surface area (Å²) < 4.78 is 2.06. The highest BCUT2D eigenvalue weighted by Gasteiger charge is 2.23. The second-order valence-corrected chi connectivity index (χ2v) is 6.08. The maximum Gasteiger partial charge on any atom is 0.137 e. The predicted molar refractivity (Wildman–Crippen MR) is 83.2 cm³/mol. The molecule has 0 bridgehead atoms. The number of likely N-dealkylation sites (tertiary alicyclic amines) is 1. The van der Waals surface area contributed by atoms with Gasteiger partial charge in [-0.25, -0.2) is 4.98 Å². The molecule has 3 heterocycles. The molecular formula is C17H23N3O. The molecule has 1 fully saturated rings. The molecule has 0 aliphatic carbocycles. The van der Waals surface area contributed by atoms with Crippen LogP contribution in [0.3, 0.4) is 0 Å². The molecule has 0 N–H and O–H groups in total. The van der Waals surface area contributed by atoms with Gasteiger partial charge in [0, 0.05) is 31.4 Å². The SMILES string of the molecule is CC(=O)CC1CCCCCN1Cc1cn2ccccc2n1. The molecule has 2 aromatic heterocycles. The van der Waals surface area contributed by atoms with Crippen molar-refractivity contribution in [3.05, 3.63) is 36.3 Å². The third-order valence-electron chi connectivity index (χ3n) is 4.30. The first kappa shape index (κ1) is 14.3. The van der Waals surface area contributed by atoms with E-state index in [1.165, 1.54) is 19.3 Å². The van der Waals surface area contributed by atoms with Gasteiger partial charge in [-0.2, -0.15) is 0 Å². The maximum atomic E-state index is 11.5. The van der Waals surface area contributed by atoms with Gasteiger partial charge in [-0.3, -0.25) is 9.69 Å². The zero-order valence-electron chi connectivity index (χ0n) is 12.7. The monoisotopic (exact) mass is 285 g/mol. The highest BCUT2D eigenvalue weighted by Crippen LogP contribution is 2.21. The van der Waals surface area contributed by atoms with Gasteiger partial charge >= 0.3 is 0 Å². The van der Waals surface area contributed by atoms with Crippen LogP contribution in [0.2, 0.25) is 0 Å². The molecule has 0 amide bonds. The van der Waals surface area contributed by atoms with Crippen LogP contribution in [0.4, 0.5) is 0 Å². The summed E-state index contributed by atoms with van der Waals surface area (Å²) in [4.78, 5) is 18.7. The van der Waals surface area contributed by atoms with Crippen molar-refractivity contribution in [1.29, 1.82) is 0 Å². The van der Waals surface area contributed by atoms with Gasteiger partial charge in [0.25, 0.3) is 0 Å². The highest BCUT2D eigenvalue weighted by molar-refractivity contribution is 5.76. The van der Waals surface area contributed by atoms with Gasteiger partial charge in [0.05, 0.1) is 5.69 Å². The third-order valence-corrected chi connectivity index (χ3v) is 4.30. The number of hydrogen-bond acceptors (Lipinski definition) is 3. The minimum Gasteiger partial charge on any atom is -0.307 e. The number of pyridine rings is 1. The molecular weight excluding hydrogens is 262 g/mol. The average molecular weight is 285 g/mol. The van der Waals surface area contributed by atoms with Gasteiger partial charge in [-0.1, -0.05) is 18.9 Å². The Hall–Kier alpha value is -1.68. The minimum atomic E-state index is 0.293. The molecule has 4 nitrogen and oxygen atoms in total. The predicted octanol–water partition coefficient (Wildman–Crippen LogP) is 3.06. The number of nitrogens with zero attached hydrogens (tertiary/aromatic N) is 3. The molecule has 1 atom stereocenters. The van der Waals surface area contributed by atoms with Gasteiger partial charge in [-0.05, 0) is 38.4 Å². The topological polar surface area (TPSA) is 37.6 Å². The Kier molecular flexibility index (Phi) is 4.34. The molecule has 0 spiro atoms. The lowest BCUT2D eigenvalue weighted by atomic mass is 10.0. The number of aromatic nitrogens is 2. The highest BCUT2D eigenvalue weighted by atomic mass is 16.1. The number of ketones is 1. The first-order valence-electron chi connectivity index (χ1n) is 7.88. The number of hydrogen-bond donors (Lipinski definition) is 0. The van der Waals surface area contributed by atoms with E-state index in [9.17, 15) is 4.79 Å². The van der Waals surface area contributed by atoms with E-state index in [0.29, 0.717) is 18.2 Å². The van der Waals surface area contributed by atoms with Gasteiger partial charge in [-0.15, -0.1) is 0 Å². The number of fused-ring (bicyclic) bond motifs is 1. The van der Waals surface area contributed by atoms with Crippen molar-refractivity contribution in [1.82, 2.24) is 14.3 Å². The van der Waals surface area contributed by atoms with Crippen molar-refractivity contribution >= 4 is 11.4 Å². The van der Waals surface area contributed by atoms with E-state index < -0.39 is 0 Å². The third kappa shape index (κ3) is 3.50. The molecule has 0 saturated carbocycles. The van der Waals surface area contributed by atoms with E-state index in [4.69, 9.17) is 0 Å². The van der Waals surface area contributed by atoms with E-state index in [1.54, 1.807) is 6.92 Å². The Morgan fingerprint density at radius 2 is 2.24 bits per heavy atom. The molecule has 1 aliphatic heterocycles. The Morgan fingerprint density at radius 1 is 1.33 bits per heavy atom. The van der Waals surface area contributed by atoms with E-state index in [1.807, 2.05) is 24.4 Å². The Bertz CT molecular complexity index is 586. The van der Waals surface area contributed by atoms with E-state index in [0.717, 1.165) is 30.9 Å². The molecule has 4 heteroatoms. The van der Waals surface area contributed by atoms with Gasteiger partial charge in [0.2, 0.25) is 0 Å². The Morgan fingerprint density at radius 3 is 3.05 bits per heavy atom. The summed E-state index contributed by atoms with van der Waals surface area (Å²) in [5.41, 5.74) is 2.09. The van der Waals surface area contributed by atoms with Crippen LogP contribution in [0.15, 0.2) is 30.6 Å². The lowest BCUT2D eigenvalue weighted by Crippen LogP contribution is -2.35. The summed E-state index contributed by atoms with van der Waals surface area (Å²) in [6.07, 6.45) is 9.67. The number of carbonyl (C=O) groups excluding carboxylic acids is 1. The largest absolute Gasteiger partial charge is 0.307 e. The molecule has 1 saturated heterocycles. The quantitative estimate of drug-likeness (QED) is 0.866. The lowest BCUT2D eigenvalue weighted by molar-refractivity contribution is -0.118. The molecule has 1 unspecified atom stereocenters. The maximum absolute atomic E-state index is 11.5. The van der Waals surface area contributed by atoms with Crippen LogP contribution >= 0.6 is 0 Å². The lowest BCUT2D eigenvalue weighted by Gasteiger charge is -2.28. The van der Waals surface area contributed by atoms with Crippen molar-refractivity contribution in [3.63, 3.8) is 0 Å². The second-order valence-electron chi connectivity index (χ2n) is 6.08. The number of Topliss-reactive ketones (excluding diaryl/α,β-unsaturated/α-hetero) is 1. The van der Waals surface area contributed by atoms with E-state index in [-0.39, 0.29) is 0 Å². The first-order valence-corrected chi connectivity index (χ1v) is 7.88. The summed E-state index contributed by atoms with van der Waals surface area (Å²) in [5, 5.41) is 0. The summed E-state index contributed by atoms with van der Waals surface area (Å²) in [6.45, 7) is 3.62. The standard InChI is InChI=1S/C17H23N3O/c1-14(21)11-16-7-3-2-5-9-19(16)12-15-13-20-10-6-4-8-17(20)18-15/h4,6,8,10,13,16H,2-3,5,7,9,11-12H2,1H3. The van der Waals surface area contributed by atoms with E-state index in [2.05, 4.69) is 20.5 Å². The van der Waals surface area contributed by atoms with Gasteiger partial charge < -0.3 is 4.40 Å². The zero-order chi connectivity index (χ0) is 14.7. The van der Waals surface area contributed by atoms with E-state index >= 15 is 0 Å². The van der Waals surface area contributed by atoms with Crippen molar-refractivity contribution < 1.29 is 4.79 Å². The zero-order valence-corrected chi connectivity index (χ0v) is 12.7. The van der Waals surface area contributed by atoms with Crippen LogP contribution in [0.25, 0.3) is 5.65 Å². The molecule has 3 rings (SSSR count). The first-order chi connectivity index (χ1) is 10.2. The van der Waals surface area contributed by atoms with Crippen molar-refractivity contribution in [2.24, 2.45) is 0 Å². The van der Waals surface area contributed by atoms with Gasteiger partial charge in [0.1, 0.15) is 11.4 Å². The molecule has 21 heavy (non-hydrogen) atoms. The fourth-order valence-electron chi connectivity index (χ4n) is 3.28. The molecule has 1 aliphatic rings. The normalized spacial score (nSPS) is 20.5. The Labute approximate surface area is 125 Å². The van der Waals surface area contributed by atoms with Crippen LogP contribution in [-0.2, 0) is 11.3 Å². The van der Waals surface area contributed by atoms with Gasteiger partial charge in [0.15, 0.2) is 0 Å². The Balaban J connectivity index is 1.77. The van der Waals surface area contributed by atoms with Crippen molar-refractivity contribution in [3.8, 4) is 0 Å².